The van der Waals surface area contributed by atoms with Gasteiger partial charge in [-0.1, -0.05) is 30.7 Å². The maximum Gasteiger partial charge on any atom is 0.243 e. The summed E-state index contributed by atoms with van der Waals surface area (Å²) >= 11 is 6.16. The van der Waals surface area contributed by atoms with Crippen LogP contribution in [0.2, 0.25) is 5.02 Å². The quantitative estimate of drug-likeness (QED) is 0.857. The summed E-state index contributed by atoms with van der Waals surface area (Å²) in [6, 6.07) is 5.17. The molecular weight excluding hydrogens is 296 g/mol. The van der Waals surface area contributed by atoms with Crippen LogP contribution in [0.25, 0.3) is 10.8 Å². The van der Waals surface area contributed by atoms with E-state index >= 15 is 0 Å². The Morgan fingerprint density at radius 3 is 2.85 bits per heavy atom. The van der Waals surface area contributed by atoms with Crippen LogP contribution >= 0.6 is 11.6 Å². The summed E-state index contributed by atoms with van der Waals surface area (Å²) in [6.45, 7) is 3.21. The maximum atomic E-state index is 12.8. The van der Waals surface area contributed by atoms with Crippen LogP contribution < -0.4 is 0 Å². The van der Waals surface area contributed by atoms with Gasteiger partial charge in [0, 0.05) is 36.3 Å². The van der Waals surface area contributed by atoms with E-state index in [1.807, 2.05) is 6.07 Å². The molecule has 0 bridgehead atoms. The highest BCUT2D eigenvalue weighted by molar-refractivity contribution is 7.89. The van der Waals surface area contributed by atoms with E-state index in [0.717, 1.165) is 11.8 Å². The lowest BCUT2D eigenvalue weighted by Gasteiger charge is -2.17. The van der Waals surface area contributed by atoms with Gasteiger partial charge in [-0.3, -0.25) is 4.98 Å². The van der Waals surface area contributed by atoms with E-state index in [0.29, 0.717) is 29.4 Å². The fraction of sp³-hybridized carbons (Fsp3) is 0.357. The second kappa shape index (κ2) is 4.98. The first kappa shape index (κ1) is 13.8. The average molecular weight is 311 g/mol. The van der Waals surface area contributed by atoms with Crippen LogP contribution in [0.15, 0.2) is 35.5 Å². The van der Waals surface area contributed by atoms with Crippen LogP contribution in [0.5, 0.6) is 0 Å². The van der Waals surface area contributed by atoms with Gasteiger partial charge in [0.1, 0.15) is 0 Å². The highest BCUT2D eigenvalue weighted by Crippen LogP contribution is 2.32. The second-order valence-corrected chi connectivity index (χ2v) is 7.55. The summed E-state index contributed by atoms with van der Waals surface area (Å²) in [4.78, 5) is 4.28. The van der Waals surface area contributed by atoms with Gasteiger partial charge in [0.05, 0.1) is 9.92 Å². The molecule has 1 aromatic carbocycles. The van der Waals surface area contributed by atoms with E-state index < -0.39 is 10.0 Å². The normalized spacial score (nSPS) is 20.6. The number of fused-ring (bicyclic) bond motifs is 1. The number of aromatic nitrogens is 1. The van der Waals surface area contributed by atoms with Crippen molar-refractivity contribution in [3.8, 4) is 0 Å². The Balaban J connectivity index is 2.19. The molecule has 0 unspecified atom stereocenters. The molecule has 6 heteroatoms. The predicted octanol–water partition coefficient (Wildman–Crippen LogP) is 2.92. The van der Waals surface area contributed by atoms with Crippen molar-refractivity contribution in [2.24, 2.45) is 5.92 Å². The first-order valence-corrected chi connectivity index (χ1v) is 8.34. The van der Waals surface area contributed by atoms with Gasteiger partial charge in [0.25, 0.3) is 0 Å². The fourth-order valence-electron chi connectivity index (χ4n) is 2.63. The van der Waals surface area contributed by atoms with Gasteiger partial charge in [-0.15, -0.1) is 0 Å². The van der Waals surface area contributed by atoms with Crippen LogP contribution in [0.3, 0.4) is 0 Å². The Hall–Kier alpha value is -1.17. The van der Waals surface area contributed by atoms with Crippen molar-refractivity contribution in [2.75, 3.05) is 13.1 Å². The number of hydrogen-bond acceptors (Lipinski definition) is 3. The van der Waals surface area contributed by atoms with E-state index in [1.165, 1.54) is 6.20 Å². The van der Waals surface area contributed by atoms with Crippen molar-refractivity contribution < 1.29 is 8.42 Å². The van der Waals surface area contributed by atoms with Gasteiger partial charge < -0.3 is 0 Å². The number of sulfonamides is 1. The van der Waals surface area contributed by atoms with E-state index in [9.17, 15) is 8.42 Å². The molecule has 1 saturated heterocycles. The van der Waals surface area contributed by atoms with Crippen molar-refractivity contribution in [2.45, 2.75) is 18.2 Å². The zero-order chi connectivity index (χ0) is 14.3. The molecule has 106 valence electrons. The highest BCUT2D eigenvalue weighted by Gasteiger charge is 2.32. The molecular formula is C14H15ClN2O2S. The molecule has 0 spiro atoms. The molecule has 1 aliphatic rings. The molecule has 1 aliphatic heterocycles. The second-order valence-electron chi connectivity index (χ2n) is 5.23. The molecule has 1 atom stereocenters. The molecule has 2 heterocycles. The Morgan fingerprint density at radius 2 is 2.15 bits per heavy atom. The van der Waals surface area contributed by atoms with Crippen LogP contribution in [0.1, 0.15) is 13.3 Å². The van der Waals surface area contributed by atoms with Crippen LogP contribution in [0, 0.1) is 5.92 Å². The first-order chi connectivity index (χ1) is 9.50. The van der Waals surface area contributed by atoms with Crippen LogP contribution in [-0.4, -0.2) is 30.8 Å². The maximum absolute atomic E-state index is 12.8. The molecule has 1 aromatic heterocycles. The number of nitrogens with zero attached hydrogens (tertiary/aromatic N) is 2. The monoisotopic (exact) mass is 310 g/mol. The van der Waals surface area contributed by atoms with Gasteiger partial charge in [-0.05, 0) is 18.4 Å². The summed E-state index contributed by atoms with van der Waals surface area (Å²) < 4.78 is 27.1. The predicted molar refractivity (Wildman–Crippen MR) is 79.3 cm³/mol. The first-order valence-electron chi connectivity index (χ1n) is 6.52. The van der Waals surface area contributed by atoms with Gasteiger partial charge in [-0.25, -0.2) is 8.42 Å². The summed E-state index contributed by atoms with van der Waals surface area (Å²) in [5, 5.41) is 1.67. The van der Waals surface area contributed by atoms with Crippen molar-refractivity contribution >= 4 is 32.4 Å². The smallest absolute Gasteiger partial charge is 0.243 e. The number of pyridine rings is 1. The lowest BCUT2D eigenvalue weighted by atomic mass is 10.2. The van der Waals surface area contributed by atoms with E-state index in [2.05, 4.69) is 11.9 Å². The minimum absolute atomic E-state index is 0.275. The zero-order valence-corrected chi connectivity index (χ0v) is 12.7. The Labute approximate surface area is 123 Å². The Kier molecular flexibility index (Phi) is 3.44. The third-order valence-electron chi connectivity index (χ3n) is 3.70. The Morgan fingerprint density at radius 1 is 1.35 bits per heavy atom. The minimum atomic E-state index is -3.50. The number of benzene rings is 1. The zero-order valence-electron chi connectivity index (χ0n) is 11.1. The summed E-state index contributed by atoms with van der Waals surface area (Å²) in [7, 11) is -3.50. The van der Waals surface area contributed by atoms with Crippen LogP contribution in [-0.2, 0) is 10.0 Å². The SMILES string of the molecule is C[C@H]1CCN(S(=O)(=O)c2cccc3cncc(Cl)c23)C1. The molecule has 2 aromatic rings. The van der Waals surface area contributed by atoms with Crippen LogP contribution in [0.4, 0.5) is 0 Å². The third kappa shape index (κ3) is 2.20. The third-order valence-corrected chi connectivity index (χ3v) is 5.90. The van der Waals surface area contributed by atoms with E-state index in [1.54, 1.807) is 22.6 Å². The summed E-state index contributed by atoms with van der Waals surface area (Å²) in [5.74, 6) is 0.400. The lowest BCUT2D eigenvalue weighted by molar-refractivity contribution is 0.465. The summed E-state index contributed by atoms with van der Waals surface area (Å²) in [6.07, 6.45) is 4.02. The van der Waals surface area contributed by atoms with Gasteiger partial charge in [-0.2, -0.15) is 4.31 Å². The largest absolute Gasteiger partial charge is 0.263 e. The average Bonchev–Trinajstić information content (AvgIpc) is 2.86. The highest BCUT2D eigenvalue weighted by atomic mass is 35.5. The van der Waals surface area contributed by atoms with E-state index in [4.69, 9.17) is 11.6 Å². The van der Waals surface area contributed by atoms with Crippen molar-refractivity contribution in [1.82, 2.24) is 9.29 Å². The van der Waals surface area contributed by atoms with Gasteiger partial charge in [0.2, 0.25) is 10.0 Å². The standard InChI is InChI=1S/C14H15ClN2O2S/c1-10-5-6-17(9-10)20(18,19)13-4-2-3-11-7-16-8-12(15)14(11)13/h2-4,7-8,10H,5-6,9H2,1H3/t10-/m0/s1. The molecule has 0 amide bonds. The molecule has 0 radical (unpaired) electrons. The summed E-state index contributed by atoms with van der Waals surface area (Å²) in [5.41, 5.74) is 0. The molecule has 0 saturated carbocycles. The molecule has 20 heavy (non-hydrogen) atoms. The molecule has 4 nitrogen and oxygen atoms in total. The molecule has 0 N–H and O–H groups in total. The lowest BCUT2D eigenvalue weighted by Crippen LogP contribution is -2.28. The van der Waals surface area contributed by atoms with Gasteiger partial charge >= 0.3 is 0 Å². The molecule has 0 aliphatic carbocycles. The minimum Gasteiger partial charge on any atom is -0.263 e. The Bertz CT molecular complexity index is 756. The van der Waals surface area contributed by atoms with E-state index in [-0.39, 0.29) is 4.90 Å². The molecule has 1 fully saturated rings. The topological polar surface area (TPSA) is 50.3 Å². The number of halogens is 1. The van der Waals surface area contributed by atoms with Crippen molar-refractivity contribution in [1.29, 1.82) is 0 Å². The molecule has 3 rings (SSSR count). The van der Waals surface area contributed by atoms with Crippen molar-refractivity contribution in [3.63, 3.8) is 0 Å². The number of hydrogen-bond donors (Lipinski definition) is 0. The van der Waals surface area contributed by atoms with Crippen molar-refractivity contribution in [3.05, 3.63) is 35.6 Å². The fourth-order valence-corrected chi connectivity index (χ4v) is 4.76. The number of rotatable bonds is 2. The van der Waals surface area contributed by atoms with Gasteiger partial charge in [0.15, 0.2) is 0 Å².